The molecule has 0 saturated heterocycles. The molecule has 3 aromatic carbocycles. The third kappa shape index (κ3) is 2.47. The first kappa shape index (κ1) is 15.4. The zero-order valence-electron chi connectivity index (χ0n) is 14.4. The van der Waals surface area contributed by atoms with Crippen LogP contribution in [0.15, 0.2) is 78.9 Å². The van der Waals surface area contributed by atoms with E-state index in [1.54, 1.807) is 4.90 Å². The summed E-state index contributed by atoms with van der Waals surface area (Å²) in [6, 6.07) is 26.4. The molecule has 0 bridgehead atoms. The van der Waals surface area contributed by atoms with Gasteiger partial charge in [0.15, 0.2) is 0 Å². The van der Waals surface area contributed by atoms with Crippen molar-refractivity contribution in [1.82, 2.24) is 0 Å². The predicted molar refractivity (Wildman–Crippen MR) is 103 cm³/mol. The summed E-state index contributed by atoms with van der Waals surface area (Å²) in [6.45, 7) is 2.05. The third-order valence-electron chi connectivity index (χ3n) is 4.74. The summed E-state index contributed by atoms with van der Waals surface area (Å²) >= 11 is 0. The molecule has 0 N–H and O–H groups in total. The van der Waals surface area contributed by atoms with Gasteiger partial charge in [0.1, 0.15) is 0 Å². The Hall–Kier alpha value is -3.13. The number of likely N-dealkylation sites (N-methyl/N-ethyl adjacent to an activating group) is 1. The van der Waals surface area contributed by atoms with E-state index in [2.05, 4.69) is 37.3 Å². The molecule has 2 heteroatoms. The van der Waals surface area contributed by atoms with Crippen LogP contribution in [0.25, 0.3) is 11.1 Å². The van der Waals surface area contributed by atoms with E-state index in [-0.39, 0.29) is 5.91 Å². The van der Waals surface area contributed by atoms with E-state index in [0.29, 0.717) is 0 Å². The van der Waals surface area contributed by atoms with Crippen LogP contribution >= 0.6 is 0 Å². The molecule has 0 aromatic heterocycles. The maximum Gasteiger partial charge on any atom is 0.259 e. The Morgan fingerprint density at radius 1 is 0.760 bits per heavy atom. The van der Waals surface area contributed by atoms with Crippen molar-refractivity contribution in [3.63, 3.8) is 0 Å². The standard InChI is InChI=1S/C23H19NO/c1-16-10-9-15-19-21(23(25)24(2)22(16)19)20(17-11-5-3-6-12-17)18-13-7-4-8-14-18/h3-15H,1-2H3. The molecule has 122 valence electrons. The van der Waals surface area contributed by atoms with Crippen molar-refractivity contribution in [2.75, 3.05) is 11.9 Å². The highest BCUT2D eigenvalue weighted by Crippen LogP contribution is 2.43. The first-order chi connectivity index (χ1) is 12.2. The fourth-order valence-electron chi connectivity index (χ4n) is 3.60. The summed E-state index contributed by atoms with van der Waals surface area (Å²) in [5, 5.41) is 0. The molecular formula is C23H19NO. The monoisotopic (exact) mass is 325 g/mol. The lowest BCUT2D eigenvalue weighted by molar-refractivity contribution is -0.112. The second kappa shape index (κ2) is 6.06. The number of fused-ring (bicyclic) bond motifs is 1. The highest BCUT2D eigenvalue weighted by Gasteiger charge is 2.33. The number of carbonyl (C=O) groups excluding carboxylic acids is 1. The van der Waals surface area contributed by atoms with Crippen LogP contribution in [-0.2, 0) is 4.79 Å². The maximum atomic E-state index is 13.2. The number of nitrogens with zero attached hydrogens (tertiary/aromatic N) is 1. The number of para-hydroxylation sites is 1. The van der Waals surface area contributed by atoms with Gasteiger partial charge in [0, 0.05) is 18.2 Å². The van der Waals surface area contributed by atoms with Crippen molar-refractivity contribution in [3.8, 4) is 0 Å². The van der Waals surface area contributed by atoms with Crippen molar-refractivity contribution in [2.45, 2.75) is 6.92 Å². The number of aryl methyl sites for hydroxylation is 1. The summed E-state index contributed by atoms with van der Waals surface area (Å²) < 4.78 is 0. The summed E-state index contributed by atoms with van der Waals surface area (Å²) in [5.74, 6) is 0.0482. The first-order valence-corrected chi connectivity index (χ1v) is 8.41. The fourth-order valence-corrected chi connectivity index (χ4v) is 3.60. The van der Waals surface area contributed by atoms with Crippen molar-refractivity contribution >= 4 is 22.7 Å². The molecule has 1 amide bonds. The third-order valence-corrected chi connectivity index (χ3v) is 4.74. The van der Waals surface area contributed by atoms with E-state index >= 15 is 0 Å². The SMILES string of the molecule is Cc1cccc2c1N(C)C(=O)C2=C(c1ccccc1)c1ccccc1. The van der Waals surface area contributed by atoms with E-state index < -0.39 is 0 Å². The van der Waals surface area contributed by atoms with Gasteiger partial charge in [-0.2, -0.15) is 0 Å². The minimum absolute atomic E-state index is 0.0482. The number of hydrogen-bond acceptors (Lipinski definition) is 1. The molecule has 1 aliphatic rings. The van der Waals surface area contributed by atoms with Crippen LogP contribution in [0.3, 0.4) is 0 Å². The summed E-state index contributed by atoms with van der Waals surface area (Å²) in [6.07, 6.45) is 0. The number of rotatable bonds is 2. The summed E-state index contributed by atoms with van der Waals surface area (Å²) in [5.41, 5.74) is 7.01. The molecule has 0 saturated carbocycles. The fraction of sp³-hybridized carbons (Fsp3) is 0.0870. The molecule has 0 unspecified atom stereocenters. The first-order valence-electron chi connectivity index (χ1n) is 8.41. The molecule has 0 aliphatic carbocycles. The molecule has 4 rings (SSSR count). The number of hydrogen-bond donors (Lipinski definition) is 0. The van der Waals surface area contributed by atoms with Crippen LogP contribution in [-0.4, -0.2) is 13.0 Å². The highest BCUT2D eigenvalue weighted by molar-refractivity contribution is 6.39. The van der Waals surface area contributed by atoms with Gasteiger partial charge in [-0.3, -0.25) is 4.79 Å². The highest BCUT2D eigenvalue weighted by atomic mass is 16.2. The van der Waals surface area contributed by atoms with Crippen LogP contribution in [0, 0.1) is 6.92 Å². The number of carbonyl (C=O) groups is 1. The van der Waals surface area contributed by atoms with Gasteiger partial charge in [0.2, 0.25) is 0 Å². The lowest BCUT2D eigenvalue weighted by Crippen LogP contribution is -2.21. The van der Waals surface area contributed by atoms with Gasteiger partial charge in [0.25, 0.3) is 5.91 Å². The molecule has 0 spiro atoms. The largest absolute Gasteiger partial charge is 0.310 e. The normalized spacial score (nSPS) is 13.1. The smallest absolute Gasteiger partial charge is 0.259 e. The quantitative estimate of drug-likeness (QED) is 0.612. The van der Waals surface area contributed by atoms with Crippen molar-refractivity contribution < 1.29 is 4.79 Å². The molecule has 0 radical (unpaired) electrons. The van der Waals surface area contributed by atoms with Crippen LogP contribution < -0.4 is 4.90 Å². The molecule has 0 atom stereocenters. The molecule has 25 heavy (non-hydrogen) atoms. The van der Waals surface area contributed by atoms with E-state index in [9.17, 15) is 4.79 Å². The summed E-state index contributed by atoms with van der Waals surface area (Å²) in [7, 11) is 1.86. The lowest BCUT2D eigenvalue weighted by Gasteiger charge is -2.13. The van der Waals surface area contributed by atoms with Gasteiger partial charge in [-0.1, -0.05) is 78.9 Å². The molecule has 1 heterocycles. The van der Waals surface area contributed by atoms with Gasteiger partial charge in [0.05, 0.1) is 11.3 Å². The Morgan fingerprint density at radius 2 is 1.32 bits per heavy atom. The molecule has 0 fully saturated rings. The van der Waals surface area contributed by atoms with E-state index in [1.165, 1.54) is 0 Å². The van der Waals surface area contributed by atoms with Gasteiger partial charge in [-0.15, -0.1) is 0 Å². The van der Waals surface area contributed by atoms with Crippen LogP contribution in [0.4, 0.5) is 5.69 Å². The Balaban J connectivity index is 2.09. The van der Waals surface area contributed by atoms with Crippen LogP contribution in [0.5, 0.6) is 0 Å². The van der Waals surface area contributed by atoms with Crippen LogP contribution in [0.2, 0.25) is 0 Å². The Labute approximate surface area is 148 Å². The van der Waals surface area contributed by atoms with Crippen molar-refractivity contribution in [2.24, 2.45) is 0 Å². The maximum absolute atomic E-state index is 13.2. The van der Waals surface area contributed by atoms with E-state index in [0.717, 1.165) is 39.1 Å². The van der Waals surface area contributed by atoms with Gasteiger partial charge in [-0.25, -0.2) is 0 Å². The predicted octanol–water partition coefficient (Wildman–Crippen LogP) is 4.93. The second-order valence-corrected chi connectivity index (χ2v) is 6.32. The Kier molecular flexibility index (Phi) is 3.73. The average Bonchev–Trinajstić information content (AvgIpc) is 2.90. The number of amides is 1. The topological polar surface area (TPSA) is 20.3 Å². The zero-order valence-corrected chi connectivity index (χ0v) is 14.4. The summed E-state index contributed by atoms with van der Waals surface area (Å²) in [4.78, 5) is 14.9. The van der Waals surface area contributed by atoms with Gasteiger partial charge in [-0.05, 0) is 23.6 Å². The van der Waals surface area contributed by atoms with E-state index in [4.69, 9.17) is 0 Å². The minimum atomic E-state index is 0.0482. The number of anilines is 1. The average molecular weight is 325 g/mol. The van der Waals surface area contributed by atoms with Gasteiger partial charge < -0.3 is 4.90 Å². The second-order valence-electron chi connectivity index (χ2n) is 6.32. The van der Waals surface area contributed by atoms with Crippen molar-refractivity contribution in [3.05, 3.63) is 101 Å². The van der Waals surface area contributed by atoms with Crippen molar-refractivity contribution in [1.29, 1.82) is 0 Å². The zero-order chi connectivity index (χ0) is 17.4. The molecule has 2 nitrogen and oxygen atoms in total. The minimum Gasteiger partial charge on any atom is -0.310 e. The number of benzene rings is 3. The van der Waals surface area contributed by atoms with Gasteiger partial charge >= 0.3 is 0 Å². The Bertz CT molecular complexity index is 930. The molecular weight excluding hydrogens is 306 g/mol. The van der Waals surface area contributed by atoms with E-state index in [1.807, 2.05) is 55.6 Å². The molecule has 1 aliphatic heterocycles. The Morgan fingerprint density at radius 3 is 1.88 bits per heavy atom. The molecule has 3 aromatic rings. The van der Waals surface area contributed by atoms with Crippen LogP contribution in [0.1, 0.15) is 22.3 Å². The lowest BCUT2D eigenvalue weighted by atomic mass is 9.90.